The Hall–Kier alpha value is -0.510. The fraction of sp³-hybridized carbons (Fsp3) is 0. The zero-order chi connectivity index (χ0) is 9.64. The second kappa shape index (κ2) is 2.74. The highest BCUT2D eigenvalue weighted by atomic mass is 35.5. The summed E-state index contributed by atoms with van der Waals surface area (Å²) in [6, 6.07) is 4.61. The van der Waals surface area contributed by atoms with Gasteiger partial charge in [-0.05, 0) is 12.1 Å². The molecule has 0 fully saturated rings. The van der Waals surface area contributed by atoms with Crippen LogP contribution in [0.15, 0.2) is 28.5 Å². The van der Waals surface area contributed by atoms with E-state index in [-0.39, 0.29) is 9.93 Å². The first-order chi connectivity index (χ1) is 6.00. The van der Waals surface area contributed by atoms with Gasteiger partial charge in [-0.3, -0.25) is 0 Å². The van der Waals surface area contributed by atoms with Crippen molar-refractivity contribution in [2.75, 3.05) is 0 Å². The van der Waals surface area contributed by atoms with Crippen molar-refractivity contribution in [3.05, 3.63) is 34.2 Å². The smallest absolute Gasteiger partial charge is 0.201 e. The molecule has 0 unspecified atom stereocenters. The summed E-state index contributed by atoms with van der Waals surface area (Å²) >= 11 is 11.4. The van der Waals surface area contributed by atoms with Gasteiger partial charge in [-0.2, -0.15) is 0 Å². The third-order valence-corrected chi connectivity index (χ3v) is 3.94. The quantitative estimate of drug-likeness (QED) is 0.692. The molecular weight excluding hydrogens is 231 g/mol. The molecule has 0 radical (unpaired) electrons. The van der Waals surface area contributed by atoms with Crippen LogP contribution >= 0.6 is 23.2 Å². The molecular formula is C8H4Cl2O2S. The molecule has 0 N–H and O–H groups in total. The second-order valence-corrected chi connectivity index (χ2v) is 5.26. The molecule has 5 heteroatoms. The van der Waals surface area contributed by atoms with E-state index in [9.17, 15) is 8.42 Å². The van der Waals surface area contributed by atoms with Crippen molar-refractivity contribution in [1.29, 1.82) is 0 Å². The summed E-state index contributed by atoms with van der Waals surface area (Å²) in [5.41, 5.74) is 0.520. The van der Waals surface area contributed by atoms with E-state index < -0.39 is 9.84 Å². The maximum Gasteiger partial charge on any atom is 0.201 e. The van der Waals surface area contributed by atoms with E-state index in [1.165, 1.54) is 6.07 Å². The maximum absolute atomic E-state index is 11.4. The van der Waals surface area contributed by atoms with Crippen LogP contribution in [0.1, 0.15) is 5.56 Å². The number of sulfone groups is 1. The zero-order valence-corrected chi connectivity index (χ0v) is 8.62. The lowest BCUT2D eigenvalue weighted by Crippen LogP contribution is -1.92. The number of halogens is 2. The molecule has 0 spiro atoms. The normalized spacial score (nSPS) is 18.2. The number of benzene rings is 1. The summed E-state index contributed by atoms with van der Waals surface area (Å²) in [5, 5.41) is 1.67. The molecule has 2 nitrogen and oxygen atoms in total. The molecule has 2 rings (SSSR count). The van der Waals surface area contributed by atoms with Gasteiger partial charge in [0, 0.05) is 10.6 Å². The Labute approximate surface area is 85.7 Å². The highest BCUT2D eigenvalue weighted by Crippen LogP contribution is 2.36. The third kappa shape index (κ3) is 1.37. The molecule has 1 aromatic rings. The van der Waals surface area contributed by atoms with Crippen LogP contribution in [0.3, 0.4) is 0 Å². The predicted octanol–water partition coefficient (Wildman–Crippen LogP) is 2.66. The topological polar surface area (TPSA) is 34.1 Å². The Morgan fingerprint density at radius 3 is 2.54 bits per heavy atom. The molecule has 13 heavy (non-hydrogen) atoms. The van der Waals surface area contributed by atoms with Gasteiger partial charge in [0.1, 0.15) is 0 Å². The van der Waals surface area contributed by atoms with Gasteiger partial charge < -0.3 is 0 Å². The highest BCUT2D eigenvalue weighted by molar-refractivity contribution is 7.95. The van der Waals surface area contributed by atoms with Crippen LogP contribution in [0, 0.1) is 0 Å². The van der Waals surface area contributed by atoms with Gasteiger partial charge >= 0.3 is 0 Å². The average molecular weight is 235 g/mol. The lowest BCUT2D eigenvalue weighted by atomic mass is 10.2. The molecule has 0 saturated heterocycles. The molecule has 1 aliphatic heterocycles. The monoisotopic (exact) mass is 234 g/mol. The first kappa shape index (κ1) is 9.06. The summed E-state index contributed by atoms with van der Waals surface area (Å²) in [4.78, 5) is 0.185. The van der Waals surface area contributed by atoms with Crippen LogP contribution in [0.25, 0.3) is 5.03 Å². The van der Waals surface area contributed by atoms with Gasteiger partial charge in [-0.15, -0.1) is 0 Å². The van der Waals surface area contributed by atoms with Crippen LogP contribution in [0.4, 0.5) is 0 Å². The Balaban J connectivity index is 2.83. The summed E-state index contributed by atoms with van der Waals surface area (Å²) in [7, 11) is -3.36. The Bertz CT molecular complexity index is 503. The number of rotatable bonds is 0. The Morgan fingerprint density at radius 1 is 1.15 bits per heavy atom. The van der Waals surface area contributed by atoms with Crippen molar-refractivity contribution in [3.63, 3.8) is 0 Å². The van der Waals surface area contributed by atoms with E-state index in [0.717, 1.165) is 5.41 Å². The van der Waals surface area contributed by atoms with Crippen molar-refractivity contribution >= 4 is 38.1 Å². The molecule has 0 saturated carbocycles. The summed E-state index contributed by atoms with van der Waals surface area (Å²) in [5.74, 6) is 0. The van der Waals surface area contributed by atoms with Gasteiger partial charge in [0.2, 0.25) is 9.84 Å². The van der Waals surface area contributed by atoms with E-state index in [1.54, 1.807) is 12.1 Å². The number of hydrogen-bond donors (Lipinski definition) is 0. The van der Waals surface area contributed by atoms with Gasteiger partial charge in [0.05, 0.1) is 15.3 Å². The minimum absolute atomic E-state index is 0.185. The zero-order valence-electron chi connectivity index (χ0n) is 6.29. The molecule has 0 aliphatic carbocycles. The molecule has 1 aromatic carbocycles. The van der Waals surface area contributed by atoms with Crippen LogP contribution < -0.4 is 0 Å². The van der Waals surface area contributed by atoms with Crippen molar-refractivity contribution in [2.24, 2.45) is 0 Å². The number of hydrogen-bond acceptors (Lipinski definition) is 2. The molecule has 1 heterocycles. The third-order valence-electron chi connectivity index (χ3n) is 1.77. The van der Waals surface area contributed by atoms with Crippen LogP contribution in [0.2, 0.25) is 5.02 Å². The highest BCUT2D eigenvalue weighted by Gasteiger charge is 2.25. The molecule has 0 aromatic heterocycles. The average Bonchev–Trinajstić information content (AvgIpc) is 2.23. The van der Waals surface area contributed by atoms with Gasteiger partial charge in [0.25, 0.3) is 0 Å². The van der Waals surface area contributed by atoms with E-state index in [4.69, 9.17) is 23.2 Å². The Morgan fingerprint density at radius 2 is 1.85 bits per heavy atom. The molecule has 0 atom stereocenters. The fourth-order valence-corrected chi connectivity index (χ4v) is 3.30. The van der Waals surface area contributed by atoms with Crippen molar-refractivity contribution in [2.45, 2.75) is 4.90 Å². The minimum atomic E-state index is -3.36. The van der Waals surface area contributed by atoms with Crippen LogP contribution in [0.5, 0.6) is 0 Å². The van der Waals surface area contributed by atoms with E-state index in [1.807, 2.05) is 0 Å². The van der Waals surface area contributed by atoms with Crippen molar-refractivity contribution in [3.8, 4) is 0 Å². The van der Waals surface area contributed by atoms with E-state index in [2.05, 4.69) is 0 Å². The summed E-state index contributed by atoms with van der Waals surface area (Å²) < 4.78 is 22.8. The maximum atomic E-state index is 11.4. The van der Waals surface area contributed by atoms with E-state index in [0.29, 0.717) is 10.6 Å². The van der Waals surface area contributed by atoms with Crippen molar-refractivity contribution < 1.29 is 8.42 Å². The number of fused-ring (bicyclic) bond motifs is 1. The first-order valence-corrected chi connectivity index (χ1v) is 5.73. The Kier molecular flexibility index (Phi) is 1.91. The summed E-state index contributed by atoms with van der Waals surface area (Å²) in [6.07, 6.45) is 0. The lowest BCUT2D eigenvalue weighted by Gasteiger charge is -1.98. The standard InChI is InChI=1S/C8H4Cl2O2S/c9-5-1-2-6-7(10)4-13(11,12)8(6)3-5/h1-4H. The first-order valence-electron chi connectivity index (χ1n) is 3.43. The van der Waals surface area contributed by atoms with Crippen LogP contribution in [-0.2, 0) is 9.84 Å². The van der Waals surface area contributed by atoms with E-state index >= 15 is 0 Å². The largest absolute Gasteiger partial charge is 0.219 e. The molecule has 1 aliphatic rings. The lowest BCUT2D eigenvalue weighted by molar-refractivity contribution is 0.605. The van der Waals surface area contributed by atoms with Crippen LogP contribution in [-0.4, -0.2) is 8.42 Å². The van der Waals surface area contributed by atoms with Gasteiger partial charge in [-0.1, -0.05) is 29.3 Å². The van der Waals surface area contributed by atoms with Gasteiger partial charge in [0.15, 0.2) is 0 Å². The molecule has 0 amide bonds. The molecule has 68 valence electrons. The predicted molar refractivity (Wildman–Crippen MR) is 52.5 cm³/mol. The molecule has 0 bridgehead atoms. The fourth-order valence-electron chi connectivity index (χ4n) is 1.19. The minimum Gasteiger partial charge on any atom is -0.219 e. The van der Waals surface area contributed by atoms with Crippen molar-refractivity contribution in [1.82, 2.24) is 0 Å². The summed E-state index contributed by atoms with van der Waals surface area (Å²) in [6.45, 7) is 0. The second-order valence-electron chi connectivity index (χ2n) is 2.65. The van der Waals surface area contributed by atoms with Gasteiger partial charge in [-0.25, -0.2) is 8.42 Å². The SMILES string of the molecule is O=S1(=O)C=C(Cl)c2ccc(Cl)cc21.